The van der Waals surface area contributed by atoms with Crippen LogP contribution < -0.4 is 16.1 Å². The van der Waals surface area contributed by atoms with Crippen LogP contribution in [0.25, 0.3) is 5.69 Å². The molecular formula is C21H24N6O3. The summed E-state index contributed by atoms with van der Waals surface area (Å²) in [5, 5.41) is 14.6. The number of carbonyl (C=O) groups is 1. The van der Waals surface area contributed by atoms with Crippen LogP contribution in [-0.4, -0.2) is 44.8 Å². The average molecular weight is 408 g/mol. The van der Waals surface area contributed by atoms with E-state index in [0.717, 1.165) is 30.6 Å². The van der Waals surface area contributed by atoms with E-state index in [9.17, 15) is 9.59 Å². The predicted molar refractivity (Wildman–Crippen MR) is 112 cm³/mol. The van der Waals surface area contributed by atoms with Crippen LogP contribution in [-0.2, 0) is 18.2 Å². The summed E-state index contributed by atoms with van der Waals surface area (Å²) in [5.41, 5.74) is 2.51. The number of anilines is 1. The number of benzene rings is 1. The van der Waals surface area contributed by atoms with E-state index in [4.69, 9.17) is 4.74 Å². The van der Waals surface area contributed by atoms with Crippen molar-refractivity contribution in [3.05, 3.63) is 70.4 Å². The Bertz CT molecular complexity index is 1080. The Morgan fingerprint density at radius 3 is 3.03 bits per heavy atom. The summed E-state index contributed by atoms with van der Waals surface area (Å²) in [6, 6.07) is 9.04. The van der Waals surface area contributed by atoms with E-state index in [1.165, 1.54) is 6.07 Å². The number of carbonyl (C=O) groups excluding carboxylic acids is 1. The Labute approximate surface area is 173 Å². The van der Waals surface area contributed by atoms with E-state index in [1.807, 2.05) is 31.4 Å². The second kappa shape index (κ2) is 8.91. The minimum absolute atomic E-state index is 0.142. The zero-order valence-corrected chi connectivity index (χ0v) is 16.7. The first kappa shape index (κ1) is 19.8. The lowest BCUT2D eigenvalue weighted by Crippen LogP contribution is -2.29. The summed E-state index contributed by atoms with van der Waals surface area (Å²) in [7, 11) is 1.82. The number of nitrogens with zero attached hydrogens (tertiary/aromatic N) is 4. The molecule has 3 aromatic rings. The van der Waals surface area contributed by atoms with Crippen LogP contribution in [0.3, 0.4) is 0 Å². The first-order valence-electron chi connectivity index (χ1n) is 9.91. The lowest BCUT2D eigenvalue weighted by Gasteiger charge is -2.12. The summed E-state index contributed by atoms with van der Waals surface area (Å²) < 4.78 is 8.59. The molecule has 0 radical (unpaired) electrons. The predicted octanol–water partition coefficient (Wildman–Crippen LogP) is 1.86. The molecule has 0 saturated carbocycles. The highest BCUT2D eigenvalue weighted by Crippen LogP contribution is 2.14. The van der Waals surface area contributed by atoms with Gasteiger partial charge in [-0.1, -0.05) is 12.1 Å². The topological polar surface area (TPSA) is 103 Å². The van der Waals surface area contributed by atoms with E-state index < -0.39 is 6.09 Å². The van der Waals surface area contributed by atoms with Gasteiger partial charge in [-0.05, 0) is 37.1 Å². The van der Waals surface area contributed by atoms with Gasteiger partial charge in [0.25, 0.3) is 0 Å². The van der Waals surface area contributed by atoms with E-state index in [-0.39, 0.29) is 11.5 Å². The Morgan fingerprint density at radius 1 is 1.37 bits per heavy atom. The van der Waals surface area contributed by atoms with Gasteiger partial charge in [0, 0.05) is 37.5 Å². The Kier molecular flexibility index (Phi) is 5.89. The molecule has 9 heteroatoms. The van der Waals surface area contributed by atoms with Crippen molar-refractivity contribution in [3.8, 4) is 5.69 Å². The van der Waals surface area contributed by atoms with Crippen molar-refractivity contribution in [1.29, 1.82) is 0 Å². The molecule has 0 aliphatic carbocycles. The van der Waals surface area contributed by atoms with Crippen LogP contribution in [0.2, 0.25) is 0 Å². The van der Waals surface area contributed by atoms with Gasteiger partial charge in [-0.25, -0.2) is 9.48 Å². The zero-order valence-electron chi connectivity index (χ0n) is 16.7. The molecule has 1 aromatic carbocycles. The molecule has 1 amide bonds. The fourth-order valence-electron chi connectivity index (χ4n) is 3.42. The van der Waals surface area contributed by atoms with Crippen molar-refractivity contribution in [3.63, 3.8) is 0 Å². The highest BCUT2D eigenvalue weighted by atomic mass is 16.5. The monoisotopic (exact) mass is 408 g/mol. The van der Waals surface area contributed by atoms with Crippen molar-refractivity contribution >= 4 is 11.8 Å². The molecule has 0 bridgehead atoms. The maximum Gasteiger partial charge on any atom is 0.411 e. The molecule has 1 saturated heterocycles. The van der Waals surface area contributed by atoms with Crippen LogP contribution >= 0.6 is 0 Å². The summed E-state index contributed by atoms with van der Waals surface area (Å²) in [6.45, 7) is 1.32. The van der Waals surface area contributed by atoms with E-state index >= 15 is 0 Å². The first-order valence-corrected chi connectivity index (χ1v) is 9.91. The maximum atomic E-state index is 12.3. The van der Waals surface area contributed by atoms with Crippen LogP contribution in [0.1, 0.15) is 24.1 Å². The highest BCUT2D eigenvalue weighted by Gasteiger charge is 2.16. The molecule has 1 aliphatic heterocycles. The summed E-state index contributed by atoms with van der Waals surface area (Å²) in [4.78, 5) is 24.4. The SMILES string of the molecule is Cn1cc(-n2ccc(=O)c(Cc3cccc(NC(=O)OC[C@H]4CCCN4)c3)n2)cn1. The van der Waals surface area contributed by atoms with Crippen molar-refractivity contribution in [1.82, 2.24) is 24.9 Å². The van der Waals surface area contributed by atoms with Gasteiger partial charge in [0.15, 0.2) is 0 Å². The standard InChI is InChI=1S/C21H24N6O3/c1-26-13-18(12-23-26)27-9-7-20(28)19(25-27)11-15-4-2-5-16(10-15)24-21(29)30-14-17-6-3-8-22-17/h2,4-5,7,9-10,12-13,17,22H,3,6,8,11,14H2,1H3,(H,24,29)/t17-/m1/s1. The lowest BCUT2D eigenvalue weighted by molar-refractivity contribution is 0.151. The van der Waals surface area contributed by atoms with Crippen LogP contribution in [0.4, 0.5) is 10.5 Å². The van der Waals surface area contributed by atoms with Gasteiger partial charge >= 0.3 is 6.09 Å². The highest BCUT2D eigenvalue weighted by molar-refractivity contribution is 5.84. The Hall–Kier alpha value is -3.46. The molecule has 4 rings (SSSR count). The third-order valence-electron chi connectivity index (χ3n) is 4.96. The molecular weight excluding hydrogens is 384 g/mol. The normalized spacial score (nSPS) is 15.8. The molecule has 0 unspecified atom stereocenters. The van der Waals surface area contributed by atoms with Gasteiger partial charge in [0.1, 0.15) is 18.0 Å². The van der Waals surface area contributed by atoms with Crippen molar-refractivity contribution in [2.45, 2.75) is 25.3 Å². The van der Waals surface area contributed by atoms with Crippen LogP contribution in [0.15, 0.2) is 53.7 Å². The largest absolute Gasteiger partial charge is 0.448 e. The molecule has 9 nitrogen and oxygen atoms in total. The molecule has 30 heavy (non-hydrogen) atoms. The fourth-order valence-corrected chi connectivity index (χ4v) is 3.42. The second-order valence-corrected chi connectivity index (χ2v) is 7.34. The smallest absolute Gasteiger partial charge is 0.411 e. The van der Waals surface area contributed by atoms with Crippen LogP contribution in [0.5, 0.6) is 0 Å². The number of aryl methyl sites for hydroxylation is 1. The minimum atomic E-state index is -0.488. The summed E-state index contributed by atoms with van der Waals surface area (Å²) in [5.74, 6) is 0. The molecule has 1 aliphatic rings. The number of nitrogens with one attached hydrogen (secondary N) is 2. The van der Waals surface area contributed by atoms with Gasteiger partial charge in [0.05, 0.1) is 12.4 Å². The molecule has 2 N–H and O–H groups in total. The lowest BCUT2D eigenvalue weighted by atomic mass is 10.1. The minimum Gasteiger partial charge on any atom is -0.448 e. The summed E-state index contributed by atoms with van der Waals surface area (Å²) in [6.07, 6.45) is 7.10. The quantitative estimate of drug-likeness (QED) is 0.645. The van der Waals surface area contributed by atoms with E-state index in [0.29, 0.717) is 24.4 Å². The third kappa shape index (κ3) is 4.93. The van der Waals surface area contributed by atoms with Crippen molar-refractivity contribution < 1.29 is 9.53 Å². The third-order valence-corrected chi connectivity index (χ3v) is 4.96. The second-order valence-electron chi connectivity index (χ2n) is 7.34. The maximum absolute atomic E-state index is 12.3. The molecule has 1 fully saturated rings. The fraction of sp³-hybridized carbons (Fsp3) is 0.333. The van der Waals surface area contributed by atoms with E-state index in [1.54, 1.807) is 27.8 Å². The summed E-state index contributed by atoms with van der Waals surface area (Å²) >= 11 is 0. The van der Waals surface area contributed by atoms with Gasteiger partial charge in [-0.2, -0.15) is 10.2 Å². The van der Waals surface area contributed by atoms with Gasteiger partial charge in [-0.15, -0.1) is 0 Å². The van der Waals surface area contributed by atoms with Crippen molar-refractivity contribution in [2.75, 3.05) is 18.5 Å². The number of ether oxygens (including phenoxy) is 1. The molecule has 2 aromatic heterocycles. The van der Waals surface area contributed by atoms with Crippen LogP contribution in [0, 0.1) is 0 Å². The average Bonchev–Trinajstić information content (AvgIpc) is 3.40. The zero-order chi connectivity index (χ0) is 20.9. The van der Waals surface area contributed by atoms with Gasteiger partial charge < -0.3 is 10.1 Å². The number of amides is 1. The van der Waals surface area contributed by atoms with Gasteiger partial charge in [0.2, 0.25) is 5.43 Å². The first-order chi connectivity index (χ1) is 14.6. The number of hydrogen-bond donors (Lipinski definition) is 2. The number of hydrogen-bond acceptors (Lipinski definition) is 6. The Balaban J connectivity index is 1.42. The molecule has 156 valence electrons. The number of aromatic nitrogens is 4. The molecule has 0 spiro atoms. The van der Waals surface area contributed by atoms with Crippen molar-refractivity contribution in [2.24, 2.45) is 7.05 Å². The van der Waals surface area contributed by atoms with Gasteiger partial charge in [-0.3, -0.25) is 14.8 Å². The number of rotatable bonds is 6. The molecule has 3 heterocycles. The Morgan fingerprint density at radius 2 is 2.27 bits per heavy atom. The molecule has 1 atom stereocenters. The van der Waals surface area contributed by atoms with E-state index in [2.05, 4.69) is 20.8 Å².